The lowest BCUT2D eigenvalue weighted by Crippen LogP contribution is -2.27. The Labute approximate surface area is 122 Å². The van der Waals surface area contributed by atoms with Crippen LogP contribution in [0.25, 0.3) is 0 Å². The maximum absolute atomic E-state index is 6.46. The van der Waals surface area contributed by atoms with Gasteiger partial charge in [0.15, 0.2) is 0 Å². The smallest absolute Gasteiger partial charge is 0.0642 e. The summed E-state index contributed by atoms with van der Waals surface area (Å²) < 4.78 is 0. The molecule has 1 saturated heterocycles. The number of halogens is 1. The van der Waals surface area contributed by atoms with Crippen molar-refractivity contribution in [3.63, 3.8) is 0 Å². The highest BCUT2D eigenvalue weighted by atomic mass is 35.5. The van der Waals surface area contributed by atoms with Crippen LogP contribution in [0.3, 0.4) is 0 Å². The van der Waals surface area contributed by atoms with Crippen molar-refractivity contribution < 1.29 is 0 Å². The minimum Gasteiger partial charge on any atom is -0.369 e. The van der Waals surface area contributed by atoms with E-state index in [4.69, 9.17) is 11.6 Å². The zero-order chi connectivity index (χ0) is 13.9. The number of anilines is 1. The molecule has 0 unspecified atom stereocenters. The minimum absolute atomic E-state index is 0.482. The predicted molar refractivity (Wildman–Crippen MR) is 84.1 cm³/mol. The van der Waals surface area contributed by atoms with Gasteiger partial charge < -0.3 is 10.2 Å². The molecule has 1 aromatic rings. The molecule has 19 heavy (non-hydrogen) atoms. The Morgan fingerprint density at radius 1 is 1.32 bits per heavy atom. The first-order chi connectivity index (χ1) is 9.15. The quantitative estimate of drug-likeness (QED) is 0.874. The number of benzene rings is 1. The number of hydrogen-bond acceptors (Lipinski definition) is 2. The van der Waals surface area contributed by atoms with E-state index >= 15 is 0 Å². The molecular formula is C16H25ClN2. The highest BCUT2D eigenvalue weighted by Crippen LogP contribution is 2.42. The van der Waals surface area contributed by atoms with Crippen LogP contribution >= 0.6 is 11.6 Å². The second-order valence-electron chi connectivity index (χ2n) is 5.66. The molecule has 2 rings (SSSR count). The van der Waals surface area contributed by atoms with Crippen molar-refractivity contribution in [1.29, 1.82) is 0 Å². The lowest BCUT2D eigenvalue weighted by atomic mass is 9.82. The number of rotatable bonds is 5. The molecule has 1 N–H and O–H groups in total. The molecule has 0 bridgehead atoms. The number of para-hydroxylation sites is 1. The maximum atomic E-state index is 6.46. The zero-order valence-electron chi connectivity index (χ0n) is 12.3. The molecule has 0 aliphatic carbocycles. The van der Waals surface area contributed by atoms with Gasteiger partial charge in [0, 0.05) is 19.6 Å². The summed E-state index contributed by atoms with van der Waals surface area (Å²) in [6, 6.07) is 6.23. The van der Waals surface area contributed by atoms with Gasteiger partial charge in [0.25, 0.3) is 0 Å². The van der Waals surface area contributed by atoms with Crippen molar-refractivity contribution >= 4 is 17.3 Å². The van der Waals surface area contributed by atoms with E-state index in [9.17, 15) is 0 Å². The van der Waals surface area contributed by atoms with Gasteiger partial charge in [0.05, 0.1) is 10.7 Å². The first-order valence-electron chi connectivity index (χ1n) is 7.32. The van der Waals surface area contributed by atoms with E-state index in [0.717, 1.165) is 24.7 Å². The molecule has 0 aromatic heterocycles. The van der Waals surface area contributed by atoms with E-state index in [2.05, 4.69) is 30.1 Å². The van der Waals surface area contributed by atoms with Crippen molar-refractivity contribution in [2.75, 3.05) is 25.0 Å². The van der Waals surface area contributed by atoms with Gasteiger partial charge in [-0.1, -0.05) is 37.6 Å². The number of nitrogens with one attached hydrogen (secondary N) is 1. The maximum Gasteiger partial charge on any atom is 0.0642 e. The highest BCUT2D eigenvalue weighted by molar-refractivity contribution is 6.33. The lowest BCUT2D eigenvalue weighted by Gasteiger charge is -2.28. The molecule has 1 aliphatic rings. The van der Waals surface area contributed by atoms with Crippen LogP contribution in [0.4, 0.5) is 5.69 Å². The standard InChI is InChI=1S/C16H25ClN2/c1-4-16(5-2)9-10-19(12-16)15-13(11-18-3)7-6-8-14(15)17/h6-8,18H,4-5,9-12H2,1-3H3. The second kappa shape index (κ2) is 6.15. The predicted octanol–water partition coefficient (Wildman–Crippen LogP) is 4.08. The fraction of sp³-hybridized carbons (Fsp3) is 0.625. The lowest BCUT2D eigenvalue weighted by molar-refractivity contribution is 0.301. The van der Waals surface area contributed by atoms with Crippen LogP contribution in [0.15, 0.2) is 18.2 Å². The third-order valence-electron chi connectivity index (χ3n) is 4.69. The van der Waals surface area contributed by atoms with E-state index in [-0.39, 0.29) is 0 Å². The Balaban J connectivity index is 2.28. The molecule has 1 aromatic carbocycles. The minimum atomic E-state index is 0.482. The average Bonchev–Trinajstić information content (AvgIpc) is 2.84. The molecule has 3 heteroatoms. The van der Waals surface area contributed by atoms with E-state index in [1.165, 1.54) is 30.5 Å². The summed E-state index contributed by atoms with van der Waals surface area (Å²) >= 11 is 6.46. The van der Waals surface area contributed by atoms with Crippen LogP contribution in [-0.2, 0) is 6.54 Å². The van der Waals surface area contributed by atoms with Crippen molar-refractivity contribution in [3.05, 3.63) is 28.8 Å². The van der Waals surface area contributed by atoms with E-state index in [0.29, 0.717) is 5.41 Å². The van der Waals surface area contributed by atoms with E-state index < -0.39 is 0 Å². The molecule has 2 nitrogen and oxygen atoms in total. The fourth-order valence-corrected chi connectivity index (χ4v) is 3.51. The third kappa shape index (κ3) is 2.90. The molecule has 0 amide bonds. The van der Waals surface area contributed by atoms with Crippen LogP contribution in [0.5, 0.6) is 0 Å². The molecular weight excluding hydrogens is 256 g/mol. The summed E-state index contributed by atoms with van der Waals surface area (Å²) in [6.45, 7) is 7.77. The van der Waals surface area contributed by atoms with Crippen LogP contribution in [0.1, 0.15) is 38.7 Å². The zero-order valence-corrected chi connectivity index (χ0v) is 13.1. The van der Waals surface area contributed by atoms with Gasteiger partial charge in [-0.3, -0.25) is 0 Å². The van der Waals surface area contributed by atoms with Crippen LogP contribution < -0.4 is 10.2 Å². The van der Waals surface area contributed by atoms with Crippen molar-refractivity contribution in [2.24, 2.45) is 5.41 Å². The van der Waals surface area contributed by atoms with Gasteiger partial charge in [0.1, 0.15) is 0 Å². The SMILES string of the molecule is CCC1(CC)CCN(c2c(Cl)cccc2CNC)C1. The molecule has 1 fully saturated rings. The molecule has 0 saturated carbocycles. The van der Waals surface area contributed by atoms with Crippen molar-refractivity contribution in [3.8, 4) is 0 Å². The van der Waals surface area contributed by atoms with E-state index in [1.807, 2.05) is 19.2 Å². The first kappa shape index (κ1) is 14.7. The second-order valence-corrected chi connectivity index (χ2v) is 6.06. The molecule has 0 spiro atoms. The highest BCUT2D eigenvalue weighted by Gasteiger charge is 2.36. The summed E-state index contributed by atoms with van der Waals surface area (Å²) in [5.74, 6) is 0. The number of nitrogens with zero attached hydrogens (tertiary/aromatic N) is 1. The summed E-state index contributed by atoms with van der Waals surface area (Å²) in [5.41, 5.74) is 3.02. The van der Waals surface area contributed by atoms with Gasteiger partial charge >= 0.3 is 0 Å². The van der Waals surface area contributed by atoms with Gasteiger partial charge in [-0.25, -0.2) is 0 Å². The summed E-state index contributed by atoms with van der Waals surface area (Å²) in [4.78, 5) is 2.49. The average molecular weight is 281 g/mol. The molecule has 106 valence electrons. The number of hydrogen-bond donors (Lipinski definition) is 1. The summed E-state index contributed by atoms with van der Waals surface area (Å²) in [7, 11) is 1.98. The first-order valence-corrected chi connectivity index (χ1v) is 7.70. The van der Waals surface area contributed by atoms with Gasteiger partial charge in [-0.05, 0) is 43.4 Å². The Morgan fingerprint density at radius 2 is 2.05 bits per heavy atom. The Hall–Kier alpha value is -0.730. The van der Waals surface area contributed by atoms with Crippen molar-refractivity contribution in [1.82, 2.24) is 5.32 Å². The largest absolute Gasteiger partial charge is 0.369 e. The molecule has 1 aliphatic heterocycles. The van der Waals surface area contributed by atoms with Gasteiger partial charge in [0.2, 0.25) is 0 Å². The van der Waals surface area contributed by atoms with Crippen LogP contribution in [0, 0.1) is 5.41 Å². The van der Waals surface area contributed by atoms with Gasteiger partial charge in [-0.15, -0.1) is 0 Å². The summed E-state index contributed by atoms with van der Waals surface area (Å²) in [6.07, 6.45) is 3.79. The van der Waals surface area contributed by atoms with E-state index in [1.54, 1.807) is 0 Å². The van der Waals surface area contributed by atoms with Crippen LogP contribution in [-0.4, -0.2) is 20.1 Å². The normalized spacial score (nSPS) is 18.0. The van der Waals surface area contributed by atoms with Crippen LogP contribution in [0.2, 0.25) is 5.02 Å². The van der Waals surface area contributed by atoms with Gasteiger partial charge in [-0.2, -0.15) is 0 Å². The molecule has 1 heterocycles. The topological polar surface area (TPSA) is 15.3 Å². The Bertz CT molecular complexity index is 427. The Kier molecular flexibility index (Phi) is 4.75. The third-order valence-corrected chi connectivity index (χ3v) is 5.00. The Morgan fingerprint density at radius 3 is 2.63 bits per heavy atom. The van der Waals surface area contributed by atoms with Crippen molar-refractivity contribution in [2.45, 2.75) is 39.7 Å². The monoisotopic (exact) mass is 280 g/mol. The fourth-order valence-electron chi connectivity index (χ4n) is 3.20. The molecule has 0 radical (unpaired) electrons. The summed E-state index contributed by atoms with van der Waals surface area (Å²) in [5, 5.41) is 4.12. The molecule has 0 atom stereocenters.